The molecule has 1 saturated carbocycles. The highest BCUT2D eigenvalue weighted by Gasteiger charge is 2.40. The summed E-state index contributed by atoms with van der Waals surface area (Å²) in [6.07, 6.45) is 1.43. The molecule has 3 rings (SSSR count). The molecule has 1 fully saturated rings. The fourth-order valence-corrected chi connectivity index (χ4v) is 4.26. The largest absolute Gasteiger partial charge is 0.444 e. The van der Waals surface area contributed by atoms with E-state index in [1.165, 1.54) is 0 Å². The third kappa shape index (κ3) is 4.23. The predicted octanol–water partition coefficient (Wildman–Crippen LogP) is 2.65. The molecule has 1 aromatic rings. The van der Waals surface area contributed by atoms with Gasteiger partial charge in [-0.25, -0.2) is 9.78 Å². The molecule has 0 radical (unpaired) electrons. The Morgan fingerprint density at radius 2 is 2.16 bits per heavy atom. The molecule has 9 heteroatoms. The summed E-state index contributed by atoms with van der Waals surface area (Å²) < 4.78 is 34.4. The molecule has 7 nitrogen and oxygen atoms in total. The van der Waals surface area contributed by atoms with Crippen molar-refractivity contribution in [3.8, 4) is 0 Å². The maximum Gasteiger partial charge on any atom is 0.407 e. The number of fused-ring (bicyclic) bond motifs is 1. The minimum absolute atomic E-state index is 0.0188. The minimum Gasteiger partial charge on any atom is -0.444 e. The lowest BCUT2D eigenvalue weighted by molar-refractivity contribution is 0.0506. The van der Waals surface area contributed by atoms with E-state index in [0.717, 1.165) is 6.42 Å². The van der Waals surface area contributed by atoms with Gasteiger partial charge >= 0.3 is 6.09 Å². The van der Waals surface area contributed by atoms with Crippen LogP contribution in [0.2, 0.25) is 5.28 Å². The molecule has 2 heterocycles. The molecule has 1 aromatic heterocycles. The van der Waals surface area contributed by atoms with Crippen molar-refractivity contribution in [2.45, 2.75) is 62.5 Å². The molecule has 0 saturated heterocycles. The zero-order chi connectivity index (χ0) is 20.0. The number of amides is 1. The van der Waals surface area contributed by atoms with Crippen LogP contribution in [-0.2, 0) is 22.0 Å². The molecule has 0 bridgehead atoms. The van der Waals surface area contributed by atoms with Gasteiger partial charge in [-0.1, -0.05) is 0 Å². The van der Waals surface area contributed by atoms with Crippen LogP contribution >= 0.6 is 11.6 Å². The van der Waals surface area contributed by atoms with Crippen molar-refractivity contribution < 1.29 is 16.5 Å². The molecule has 0 aromatic carbocycles. The minimum atomic E-state index is -2.11. The van der Waals surface area contributed by atoms with E-state index in [0.29, 0.717) is 35.6 Å². The van der Waals surface area contributed by atoms with E-state index in [1.807, 2.05) is 0 Å². The van der Waals surface area contributed by atoms with Crippen LogP contribution in [0.15, 0.2) is 4.90 Å². The van der Waals surface area contributed by atoms with Gasteiger partial charge in [0.1, 0.15) is 16.3 Å². The van der Waals surface area contributed by atoms with Crippen molar-refractivity contribution in [3.63, 3.8) is 0 Å². The summed E-state index contributed by atoms with van der Waals surface area (Å²) in [5.41, 5.74) is -1.22. The van der Waals surface area contributed by atoms with Gasteiger partial charge in [0.2, 0.25) is 5.28 Å². The Morgan fingerprint density at radius 1 is 1.44 bits per heavy atom. The van der Waals surface area contributed by atoms with Gasteiger partial charge in [0.25, 0.3) is 0 Å². The van der Waals surface area contributed by atoms with Crippen molar-refractivity contribution in [2.24, 2.45) is 0 Å². The third-order valence-electron chi connectivity index (χ3n) is 4.03. The number of nitrogens with one attached hydrogen (secondary N) is 2. The van der Waals surface area contributed by atoms with E-state index in [-0.39, 0.29) is 11.1 Å². The summed E-state index contributed by atoms with van der Waals surface area (Å²) in [5, 5.41) is 5.44. The molecule has 138 valence electrons. The highest BCUT2D eigenvalue weighted by Crippen LogP contribution is 2.38. The maximum absolute atomic E-state index is 12.3. The summed E-state index contributed by atoms with van der Waals surface area (Å²) in [7, 11) is -1.26. The lowest BCUT2D eigenvalue weighted by Crippen LogP contribution is -2.54. The first kappa shape index (κ1) is 15.8. The first-order valence-corrected chi connectivity index (χ1v) is 9.86. The predicted molar refractivity (Wildman–Crippen MR) is 96.5 cm³/mol. The number of carbonyl (C=O) groups excluding carboxylic acids is 1. The summed E-state index contributed by atoms with van der Waals surface area (Å²) in [6, 6.07) is 0. The Hall–Kier alpha value is -1.41. The van der Waals surface area contributed by atoms with Crippen LogP contribution in [-0.4, -0.2) is 43.7 Å². The fraction of sp³-hybridized carbons (Fsp3) is 0.688. The SMILES string of the molecule is [2H]C([2H])(NC(=O)OC(C)(C)C)C1(Nc2nc(Cl)nc3c2[S@](=O)CC3)CCC1. The number of hydrogen-bond acceptors (Lipinski definition) is 6. The van der Waals surface area contributed by atoms with E-state index >= 15 is 0 Å². The van der Waals surface area contributed by atoms with Crippen LogP contribution in [0.3, 0.4) is 0 Å². The molecule has 2 N–H and O–H groups in total. The van der Waals surface area contributed by atoms with Gasteiger partial charge in [-0.3, -0.25) is 4.21 Å². The van der Waals surface area contributed by atoms with E-state index in [1.54, 1.807) is 20.8 Å². The van der Waals surface area contributed by atoms with Gasteiger partial charge in [-0.15, -0.1) is 0 Å². The quantitative estimate of drug-likeness (QED) is 0.770. The number of alkyl carbamates (subject to hydrolysis) is 1. The Labute approximate surface area is 157 Å². The Morgan fingerprint density at radius 3 is 2.76 bits per heavy atom. The fourth-order valence-electron chi connectivity index (χ4n) is 2.76. The van der Waals surface area contributed by atoms with Crippen LogP contribution in [0, 0.1) is 0 Å². The second kappa shape index (κ2) is 6.72. The highest BCUT2D eigenvalue weighted by atomic mass is 35.5. The van der Waals surface area contributed by atoms with Crippen molar-refractivity contribution in [1.82, 2.24) is 15.3 Å². The monoisotopic (exact) mass is 388 g/mol. The number of ether oxygens (including phenoxy) is 1. The lowest BCUT2D eigenvalue weighted by atomic mass is 9.76. The molecule has 2 aliphatic rings. The summed E-state index contributed by atoms with van der Waals surface area (Å²) >= 11 is 5.99. The van der Waals surface area contributed by atoms with Gasteiger partial charge in [-0.2, -0.15) is 4.98 Å². The summed E-state index contributed by atoms with van der Waals surface area (Å²) in [6.45, 7) is 3.01. The number of hydrogen-bond donors (Lipinski definition) is 2. The Kier molecular flexibility index (Phi) is 4.25. The molecule has 1 atom stereocenters. The second-order valence-corrected chi connectivity index (χ2v) is 9.07. The van der Waals surface area contributed by atoms with Gasteiger partial charge < -0.3 is 15.4 Å². The van der Waals surface area contributed by atoms with E-state index in [9.17, 15) is 9.00 Å². The number of nitrogens with zero attached hydrogens (tertiary/aromatic N) is 2. The molecule has 1 aliphatic heterocycles. The van der Waals surface area contributed by atoms with Gasteiger partial charge in [-0.05, 0) is 51.6 Å². The smallest absolute Gasteiger partial charge is 0.407 e. The normalized spacial score (nSPS) is 23.0. The van der Waals surface area contributed by atoms with Gasteiger partial charge in [0.05, 0.1) is 24.8 Å². The van der Waals surface area contributed by atoms with Crippen LogP contribution in [0.25, 0.3) is 0 Å². The van der Waals surface area contributed by atoms with Crippen LogP contribution < -0.4 is 10.6 Å². The van der Waals surface area contributed by atoms with Crippen LogP contribution in [0.4, 0.5) is 10.6 Å². The average molecular weight is 389 g/mol. The summed E-state index contributed by atoms with van der Waals surface area (Å²) in [5.74, 6) is 0.713. The molecule has 0 unspecified atom stereocenters. The number of rotatable bonds is 4. The highest BCUT2D eigenvalue weighted by molar-refractivity contribution is 7.85. The van der Waals surface area contributed by atoms with Crippen LogP contribution in [0.1, 0.15) is 48.5 Å². The van der Waals surface area contributed by atoms with Crippen molar-refractivity contribution >= 4 is 34.3 Å². The first-order valence-electron chi connectivity index (χ1n) is 9.17. The molecule has 0 spiro atoms. The molecular formula is C16H23ClN4O3S. The molecule has 1 amide bonds. The topological polar surface area (TPSA) is 93.2 Å². The molecule has 1 aliphatic carbocycles. The number of halogens is 1. The Bertz CT molecular complexity index is 797. The van der Waals surface area contributed by atoms with Crippen LogP contribution in [0.5, 0.6) is 0 Å². The number of aryl methyl sites for hydroxylation is 1. The zero-order valence-corrected chi connectivity index (χ0v) is 16.0. The third-order valence-corrected chi connectivity index (χ3v) is 5.66. The van der Waals surface area contributed by atoms with Crippen molar-refractivity contribution in [3.05, 3.63) is 11.0 Å². The van der Waals surface area contributed by atoms with Gasteiger partial charge in [0, 0.05) is 18.7 Å². The van der Waals surface area contributed by atoms with Gasteiger partial charge in [0.15, 0.2) is 0 Å². The summed E-state index contributed by atoms with van der Waals surface area (Å²) in [4.78, 5) is 20.9. The zero-order valence-electron chi connectivity index (χ0n) is 16.4. The standard InChI is InChI=1S/C16H23ClN4O3S/c1-15(2,3)24-14(22)18-9-16(6-4-7-16)21-12-11-10(5-8-25(11)23)19-13(17)20-12/h4-9H2,1-3H3,(H,18,22)(H,19,20,21)/t25-/m1/s1/i9D2. The molecule has 25 heavy (non-hydrogen) atoms. The van der Waals surface area contributed by atoms with Crippen molar-refractivity contribution in [1.29, 1.82) is 0 Å². The number of aromatic nitrogens is 2. The van der Waals surface area contributed by atoms with E-state index in [2.05, 4.69) is 20.6 Å². The van der Waals surface area contributed by atoms with E-state index in [4.69, 9.17) is 19.1 Å². The average Bonchev–Trinajstić information content (AvgIpc) is 2.80. The molecular weight excluding hydrogens is 364 g/mol. The first-order chi connectivity index (χ1) is 12.4. The second-order valence-electron chi connectivity index (χ2n) is 7.23. The lowest BCUT2D eigenvalue weighted by Gasteiger charge is -2.43. The Balaban J connectivity index is 1.86. The number of carbonyl (C=O) groups is 1. The number of anilines is 1. The van der Waals surface area contributed by atoms with E-state index < -0.39 is 34.5 Å². The van der Waals surface area contributed by atoms with Crippen molar-refractivity contribution in [2.75, 3.05) is 17.6 Å². The maximum atomic E-state index is 12.3.